The summed E-state index contributed by atoms with van der Waals surface area (Å²) in [5, 5.41) is 3.77. The predicted molar refractivity (Wildman–Crippen MR) is 110 cm³/mol. The molecule has 1 heterocycles. The van der Waals surface area contributed by atoms with Gasteiger partial charge in [0, 0.05) is 12.1 Å². The molecule has 3 rings (SSSR count). The Kier molecular flexibility index (Phi) is 6.39. The number of benzene rings is 1. The van der Waals surface area contributed by atoms with Gasteiger partial charge < -0.3 is 19.4 Å². The van der Waals surface area contributed by atoms with E-state index < -0.39 is 6.10 Å². The Balaban J connectivity index is 1.84. The third kappa shape index (κ3) is 4.55. The lowest BCUT2D eigenvalue weighted by Crippen LogP contribution is -2.37. The molecule has 6 nitrogen and oxygen atoms in total. The Morgan fingerprint density at radius 2 is 1.96 bits per heavy atom. The normalized spacial score (nSPS) is 14.8. The van der Waals surface area contributed by atoms with Gasteiger partial charge in [-0.2, -0.15) is 0 Å². The third-order valence-electron chi connectivity index (χ3n) is 5.18. The van der Waals surface area contributed by atoms with Crippen molar-refractivity contribution in [2.75, 3.05) is 27.2 Å². The van der Waals surface area contributed by atoms with Crippen molar-refractivity contribution < 1.29 is 13.9 Å². The summed E-state index contributed by atoms with van der Waals surface area (Å²) in [6.07, 6.45) is 3.87. The molecule has 0 saturated heterocycles. The minimum atomic E-state index is -0.629. The maximum atomic E-state index is 12.4. The standard InChI is InChI=1S/C22H30N2O4/c1-14-12-18(27-15(2)21(25)23-10-7-11-24(3)4)20-16-8-5-6-9-17(16)22(26)28-19(20)13-14/h12-13,15H,5-11H2,1-4H3,(H,23,25). The van der Waals surface area contributed by atoms with Crippen LogP contribution >= 0.6 is 0 Å². The van der Waals surface area contributed by atoms with Gasteiger partial charge in [-0.25, -0.2) is 4.79 Å². The Morgan fingerprint density at radius 1 is 1.25 bits per heavy atom. The molecule has 1 N–H and O–H groups in total. The molecule has 0 fully saturated rings. The molecule has 0 bridgehead atoms. The van der Waals surface area contributed by atoms with Crippen LogP contribution in [0.25, 0.3) is 11.0 Å². The SMILES string of the molecule is Cc1cc(OC(C)C(=O)NCCCN(C)C)c2c3c(c(=O)oc2c1)CCCC3. The molecule has 1 aromatic heterocycles. The van der Waals surface area contributed by atoms with Crippen LogP contribution < -0.4 is 15.7 Å². The van der Waals surface area contributed by atoms with Crippen molar-refractivity contribution in [3.63, 3.8) is 0 Å². The summed E-state index contributed by atoms with van der Waals surface area (Å²) in [5.41, 5.74) is 3.00. The highest BCUT2D eigenvalue weighted by molar-refractivity contribution is 5.89. The number of aryl methyl sites for hydroxylation is 2. The van der Waals surface area contributed by atoms with Gasteiger partial charge >= 0.3 is 5.63 Å². The van der Waals surface area contributed by atoms with Gasteiger partial charge in [-0.1, -0.05) is 0 Å². The number of carbonyl (C=O) groups is 1. The fourth-order valence-corrected chi connectivity index (χ4v) is 3.75. The van der Waals surface area contributed by atoms with Crippen LogP contribution in [-0.4, -0.2) is 44.1 Å². The maximum Gasteiger partial charge on any atom is 0.339 e. The Morgan fingerprint density at radius 3 is 2.68 bits per heavy atom. The van der Waals surface area contributed by atoms with E-state index in [2.05, 4.69) is 10.2 Å². The Labute approximate surface area is 165 Å². The number of hydrogen-bond acceptors (Lipinski definition) is 5. The van der Waals surface area contributed by atoms with Crippen molar-refractivity contribution in [1.82, 2.24) is 10.2 Å². The van der Waals surface area contributed by atoms with E-state index in [1.807, 2.05) is 33.2 Å². The van der Waals surface area contributed by atoms with Crippen LogP contribution in [0, 0.1) is 6.92 Å². The molecular formula is C22H30N2O4. The van der Waals surface area contributed by atoms with E-state index in [9.17, 15) is 9.59 Å². The quantitative estimate of drug-likeness (QED) is 0.585. The highest BCUT2D eigenvalue weighted by atomic mass is 16.5. The number of amides is 1. The number of rotatable bonds is 7. The number of hydrogen-bond donors (Lipinski definition) is 1. The maximum absolute atomic E-state index is 12.4. The van der Waals surface area contributed by atoms with Crippen molar-refractivity contribution in [2.24, 2.45) is 0 Å². The second-order valence-electron chi connectivity index (χ2n) is 7.90. The van der Waals surface area contributed by atoms with Crippen LogP contribution in [-0.2, 0) is 17.6 Å². The first kappa shape index (κ1) is 20.4. The molecule has 28 heavy (non-hydrogen) atoms. The van der Waals surface area contributed by atoms with Gasteiger partial charge in [0.1, 0.15) is 11.3 Å². The minimum absolute atomic E-state index is 0.139. The van der Waals surface area contributed by atoms with E-state index in [4.69, 9.17) is 9.15 Å². The number of nitrogens with zero attached hydrogens (tertiary/aromatic N) is 1. The summed E-state index contributed by atoms with van der Waals surface area (Å²) in [6, 6.07) is 3.79. The van der Waals surface area contributed by atoms with E-state index in [0.717, 1.165) is 60.7 Å². The van der Waals surface area contributed by atoms with Crippen molar-refractivity contribution in [3.8, 4) is 5.75 Å². The molecule has 0 saturated carbocycles. The molecular weight excluding hydrogens is 356 g/mol. The molecule has 1 atom stereocenters. The molecule has 6 heteroatoms. The fraction of sp³-hybridized carbons (Fsp3) is 0.545. The number of fused-ring (bicyclic) bond motifs is 3. The van der Waals surface area contributed by atoms with Gasteiger partial charge in [0.25, 0.3) is 5.91 Å². The average molecular weight is 386 g/mol. The molecule has 2 aromatic rings. The molecule has 0 spiro atoms. The molecule has 1 aliphatic rings. The topological polar surface area (TPSA) is 71.8 Å². The smallest absolute Gasteiger partial charge is 0.339 e. The zero-order chi connectivity index (χ0) is 20.3. The van der Waals surface area contributed by atoms with E-state index in [1.54, 1.807) is 6.92 Å². The summed E-state index contributed by atoms with van der Waals surface area (Å²) in [6.45, 7) is 5.21. The Bertz CT molecular complexity index is 917. The monoisotopic (exact) mass is 386 g/mol. The van der Waals surface area contributed by atoms with E-state index in [1.165, 1.54) is 0 Å². The molecule has 1 amide bonds. The van der Waals surface area contributed by atoms with Gasteiger partial charge in [-0.3, -0.25) is 4.79 Å². The fourth-order valence-electron chi connectivity index (χ4n) is 3.75. The molecule has 1 aliphatic carbocycles. The largest absolute Gasteiger partial charge is 0.480 e. The van der Waals surface area contributed by atoms with Gasteiger partial charge in [0.05, 0.1) is 5.39 Å². The van der Waals surface area contributed by atoms with Gasteiger partial charge in [-0.05, 0) is 89.9 Å². The third-order valence-corrected chi connectivity index (χ3v) is 5.18. The number of ether oxygens (including phenoxy) is 1. The van der Waals surface area contributed by atoms with Gasteiger partial charge in [0.2, 0.25) is 0 Å². The second kappa shape index (κ2) is 8.78. The van der Waals surface area contributed by atoms with Crippen molar-refractivity contribution >= 4 is 16.9 Å². The summed E-state index contributed by atoms with van der Waals surface area (Å²) in [5.74, 6) is 0.479. The highest BCUT2D eigenvalue weighted by Crippen LogP contribution is 2.35. The highest BCUT2D eigenvalue weighted by Gasteiger charge is 2.23. The molecule has 0 aliphatic heterocycles. The minimum Gasteiger partial charge on any atom is -0.480 e. The van der Waals surface area contributed by atoms with Crippen LogP contribution in [0.1, 0.15) is 42.9 Å². The lowest BCUT2D eigenvalue weighted by molar-refractivity contribution is -0.127. The van der Waals surface area contributed by atoms with Crippen LogP contribution in [0.2, 0.25) is 0 Å². The lowest BCUT2D eigenvalue weighted by Gasteiger charge is -2.21. The van der Waals surface area contributed by atoms with Crippen LogP contribution in [0.5, 0.6) is 5.75 Å². The second-order valence-corrected chi connectivity index (χ2v) is 7.90. The van der Waals surface area contributed by atoms with E-state index >= 15 is 0 Å². The molecule has 152 valence electrons. The van der Waals surface area contributed by atoms with E-state index in [-0.39, 0.29) is 11.5 Å². The number of carbonyl (C=O) groups excluding carboxylic acids is 1. The first-order chi connectivity index (χ1) is 13.4. The van der Waals surface area contributed by atoms with Crippen molar-refractivity contribution in [1.29, 1.82) is 0 Å². The van der Waals surface area contributed by atoms with Crippen LogP contribution in [0.15, 0.2) is 21.3 Å². The van der Waals surface area contributed by atoms with E-state index in [0.29, 0.717) is 17.9 Å². The van der Waals surface area contributed by atoms with Crippen LogP contribution in [0.3, 0.4) is 0 Å². The molecule has 0 radical (unpaired) electrons. The first-order valence-electron chi connectivity index (χ1n) is 10.0. The predicted octanol–water partition coefficient (Wildman–Crippen LogP) is 2.82. The average Bonchev–Trinajstić information content (AvgIpc) is 2.64. The van der Waals surface area contributed by atoms with Crippen molar-refractivity contribution in [3.05, 3.63) is 39.2 Å². The van der Waals surface area contributed by atoms with Crippen LogP contribution in [0.4, 0.5) is 0 Å². The number of nitrogens with one attached hydrogen (secondary N) is 1. The summed E-state index contributed by atoms with van der Waals surface area (Å²) in [4.78, 5) is 26.9. The zero-order valence-corrected chi connectivity index (χ0v) is 17.3. The Hall–Kier alpha value is -2.34. The molecule has 1 aromatic carbocycles. The van der Waals surface area contributed by atoms with Gasteiger partial charge in [-0.15, -0.1) is 0 Å². The summed E-state index contributed by atoms with van der Waals surface area (Å²) < 4.78 is 11.7. The summed E-state index contributed by atoms with van der Waals surface area (Å²) >= 11 is 0. The lowest BCUT2D eigenvalue weighted by atomic mass is 9.90. The summed E-state index contributed by atoms with van der Waals surface area (Å²) in [7, 11) is 4.02. The zero-order valence-electron chi connectivity index (χ0n) is 17.3. The first-order valence-corrected chi connectivity index (χ1v) is 10.0. The van der Waals surface area contributed by atoms with Crippen molar-refractivity contribution in [2.45, 2.75) is 52.1 Å². The van der Waals surface area contributed by atoms with Gasteiger partial charge in [0.15, 0.2) is 6.10 Å². The molecule has 1 unspecified atom stereocenters.